The van der Waals surface area contributed by atoms with E-state index in [1.807, 2.05) is 18.2 Å². The van der Waals surface area contributed by atoms with Crippen LogP contribution in [0.2, 0.25) is 0 Å². The Morgan fingerprint density at radius 2 is 2.15 bits per heavy atom. The number of hydrogen-bond acceptors (Lipinski definition) is 5. The number of nitrogens with one attached hydrogen (secondary N) is 2. The van der Waals surface area contributed by atoms with Crippen molar-refractivity contribution in [2.75, 3.05) is 12.3 Å². The molecule has 2 N–H and O–H groups in total. The van der Waals surface area contributed by atoms with Gasteiger partial charge in [0.15, 0.2) is 0 Å². The number of H-pyrrole nitrogens is 1. The number of para-hydroxylation sites is 1. The zero-order valence-electron chi connectivity index (χ0n) is 15.4. The van der Waals surface area contributed by atoms with Crippen molar-refractivity contribution in [3.05, 3.63) is 35.7 Å². The largest absolute Gasteiger partial charge is 0.488 e. The lowest BCUT2D eigenvalue weighted by Gasteiger charge is -2.11. The fourth-order valence-corrected chi connectivity index (χ4v) is 4.52. The number of nitrogens with zero attached hydrogens (tertiary/aromatic N) is 2. The summed E-state index contributed by atoms with van der Waals surface area (Å²) < 4.78 is 5.84. The molecule has 1 unspecified atom stereocenters. The van der Waals surface area contributed by atoms with Crippen LogP contribution >= 0.6 is 11.8 Å². The first-order valence-corrected chi connectivity index (χ1v) is 10.8. The van der Waals surface area contributed by atoms with Gasteiger partial charge in [0.2, 0.25) is 11.1 Å². The van der Waals surface area contributed by atoms with E-state index in [1.165, 1.54) is 49.4 Å². The summed E-state index contributed by atoms with van der Waals surface area (Å²) in [4.78, 5) is 16.6. The second-order valence-corrected chi connectivity index (χ2v) is 8.34. The number of aryl methyl sites for hydroxylation is 1. The van der Waals surface area contributed by atoms with Gasteiger partial charge in [-0.05, 0) is 24.0 Å². The molecule has 2 aromatic rings. The van der Waals surface area contributed by atoms with E-state index in [2.05, 4.69) is 26.6 Å². The fraction of sp³-hybridized carbons (Fsp3) is 0.550. The molecule has 1 aromatic carbocycles. The summed E-state index contributed by atoms with van der Waals surface area (Å²) in [5.74, 6) is 3.01. The number of carbonyl (C=O) groups is 1. The summed E-state index contributed by atoms with van der Waals surface area (Å²) >= 11 is 1.37. The molecule has 0 bridgehead atoms. The summed E-state index contributed by atoms with van der Waals surface area (Å²) in [6, 6.07) is 8.02. The Morgan fingerprint density at radius 3 is 3.00 bits per heavy atom. The van der Waals surface area contributed by atoms with E-state index in [1.54, 1.807) is 0 Å². The van der Waals surface area contributed by atoms with Crippen molar-refractivity contribution >= 4 is 17.7 Å². The molecule has 1 aliphatic heterocycles. The molecular weight excluding hydrogens is 360 g/mol. The average molecular weight is 387 g/mol. The number of hydrogen-bond donors (Lipinski definition) is 2. The van der Waals surface area contributed by atoms with Gasteiger partial charge < -0.3 is 10.1 Å². The van der Waals surface area contributed by atoms with Gasteiger partial charge in [0.05, 0.1) is 12.3 Å². The smallest absolute Gasteiger partial charge is 0.230 e. The van der Waals surface area contributed by atoms with E-state index in [9.17, 15) is 4.79 Å². The van der Waals surface area contributed by atoms with Gasteiger partial charge in [0.25, 0.3) is 0 Å². The van der Waals surface area contributed by atoms with Gasteiger partial charge in [0.1, 0.15) is 17.7 Å². The molecular formula is C20H26N4O2S. The first-order valence-electron chi connectivity index (χ1n) is 9.81. The van der Waals surface area contributed by atoms with Crippen LogP contribution in [0.5, 0.6) is 5.75 Å². The number of amides is 1. The van der Waals surface area contributed by atoms with Crippen LogP contribution in [-0.2, 0) is 17.6 Å². The normalized spacial score (nSPS) is 19.0. The highest BCUT2D eigenvalue weighted by molar-refractivity contribution is 7.99. The summed E-state index contributed by atoms with van der Waals surface area (Å²) in [6.45, 7) is 0.523. The Labute approximate surface area is 163 Å². The molecule has 6 nitrogen and oxygen atoms in total. The molecule has 144 valence electrons. The molecule has 0 radical (unpaired) electrons. The molecule has 1 aliphatic carbocycles. The molecule has 7 heteroatoms. The third kappa shape index (κ3) is 5.03. The minimum absolute atomic E-state index is 0.0158. The van der Waals surface area contributed by atoms with Crippen LogP contribution in [0, 0.1) is 5.92 Å². The maximum Gasteiger partial charge on any atom is 0.230 e. The summed E-state index contributed by atoms with van der Waals surface area (Å²) in [6.07, 6.45) is 8.44. The fourth-order valence-electron chi connectivity index (χ4n) is 3.87. The zero-order chi connectivity index (χ0) is 18.5. The Bertz CT molecular complexity index is 748. The second kappa shape index (κ2) is 8.78. The van der Waals surface area contributed by atoms with E-state index in [0.717, 1.165) is 30.3 Å². The van der Waals surface area contributed by atoms with Crippen LogP contribution in [0.4, 0.5) is 0 Å². The van der Waals surface area contributed by atoms with Crippen molar-refractivity contribution in [2.24, 2.45) is 5.92 Å². The first kappa shape index (κ1) is 18.3. The van der Waals surface area contributed by atoms with E-state index in [4.69, 9.17) is 4.74 Å². The topological polar surface area (TPSA) is 79.9 Å². The van der Waals surface area contributed by atoms with Crippen molar-refractivity contribution in [3.8, 4) is 5.75 Å². The Kier molecular flexibility index (Phi) is 5.97. The lowest BCUT2D eigenvalue weighted by molar-refractivity contribution is -0.118. The highest BCUT2D eigenvalue weighted by atomic mass is 32.2. The number of thioether (sulfide) groups is 1. The number of rotatable bonds is 8. The maximum absolute atomic E-state index is 12.1. The van der Waals surface area contributed by atoms with Crippen molar-refractivity contribution in [3.63, 3.8) is 0 Å². The summed E-state index contributed by atoms with van der Waals surface area (Å²) in [5, 5.41) is 10.8. The van der Waals surface area contributed by atoms with Gasteiger partial charge in [-0.1, -0.05) is 55.6 Å². The van der Waals surface area contributed by atoms with E-state index >= 15 is 0 Å². The van der Waals surface area contributed by atoms with Crippen molar-refractivity contribution in [1.29, 1.82) is 0 Å². The first-order chi connectivity index (χ1) is 13.3. The van der Waals surface area contributed by atoms with Crippen LogP contribution in [0.15, 0.2) is 29.4 Å². The standard InChI is InChI=1S/C20H26N4O2S/c25-19(21-12-16-11-15-7-3-4-8-17(15)26-16)13-27-20-22-18(23-24-20)10-9-14-5-1-2-6-14/h3-4,7-8,14,16H,1-2,5-6,9-13H2,(H,21,25)(H,22,23,24). The number of aromatic amines is 1. The van der Waals surface area contributed by atoms with Crippen molar-refractivity contribution < 1.29 is 9.53 Å². The van der Waals surface area contributed by atoms with E-state index in [0.29, 0.717) is 17.5 Å². The van der Waals surface area contributed by atoms with Gasteiger partial charge >= 0.3 is 0 Å². The highest BCUT2D eigenvalue weighted by Gasteiger charge is 2.22. The SMILES string of the molecule is O=C(CSc1n[nH]c(CCC2CCCC2)n1)NCC1Cc2ccccc2O1. The predicted molar refractivity (Wildman–Crippen MR) is 105 cm³/mol. The number of benzene rings is 1. The van der Waals surface area contributed by atoms with Gasteiger partial charge in [-0.15, -0.1) is 5.10 Å². The minimum atomic E-state index is -0.0168. The van der Waals surface area contributed by atoms with Crippen LogP contribution in [0.25, 0.3) is 0 Å². The second-order valence-electron chi connectivity index (χ2n) is 7.40. The number of carbonyl (C=O) groups excluding carboxylic acids is 1. The van der Waals surface area contributed by atoms with E-state index < -0.39 is 0 Å². The minimum Gasteiger partial charge on any atom is -0.488 e. The molecule has 0 spiro atoms. The third-order valence-electron chi connectivity index (χ3n) is 5.35. The molecule has 1 atom stereocenters. The van der Waals surface area contributed by atoms with E-state index in [-0.39, 0.29) is 12.0 Å². The molecule has 1 fully saturated rings. The van der Waals surface area contributed by atoms with Gasteiger partial charge in [-0.3, -0.25) is 9.89 Å². The lowest BCUT2D eigenvalue weighted by Crippen LogP contribution is -2.35. The maximum atomic E-state index is 12.1. The average Bonchev–Trinajstić information content (AvgIpc) is 3.43. The molecule has 1 amide bonds. The highest BCUT2D eigenvalue weighted by Crippen LogP contribution is 2.29. The summed E-state index contributed by atoms with van der Waals surface area (Å²) in [5.41, 5.74) is 1.21. The Morgan fingerprint density at radius 1 is 1.30 bits per heavy atom. The molecule has 27 heavy (non-hydrogen) atoms. The van der Waals surface area contributed by atoms with Gasteiger partial charge in [-0.2, -0.15) is 0 Å². The van der Waals surface area contributed by atoms with Crippen LogP contribution in [0.1, 0.15) is 43.5 Å². The zero-order valence-corrected chi connectivity index (χ0v) is 16.3. The monoisotopic (exact) mass is 386 g/mol. The summed E-state index contributed by atoms with van der Waals surface area (Å²) in [7, 11) is 0. The van der Waals surface area contributed by atoms with Crippen LogP contribution in [-0.4, -0.2) is 39.5 Å². The molecule has 2 heterocycles. The molecule has 4 rings (SSSR count). The van der Waals surface area contributed by atoms with Gasteiger partial charge in [-0.25, -0.2) is 4.98 Å². The molecule has 2 aliphatic rings. The number of ether oxygens (including phenoxy) is 1. The predicted octanol–water partition coefficient (Wildman–Crippen LogP) is 3.14. The van der Waals surface area contributed by atoms with Crippen LogP contribution in [0.3, 0.4) is 0 Å². The Balaban J connectivity index is 1.14. The van der Waals surface area contributed by atoms with Crippen molar-refractivity contribution in [2.45, 2.75) is 56.2 Å². The number of fused-ring (bicyclic) bond motifs is 1. The quantitative estimate of drug-likeness (QED) is 0.682. The van der Waals surface area contributed by atoms with Gasteiger partial charge in [0, 0.05) is 12.8 Å². The molecule has 0 saturated heterocycles. The molecule has 1 aromatic heterocycles. The number of aromatic nitrogens is 3. The molecule has 1 saturated carbocycles. The lowest BCUT2D eigenvalue weighted by atomic mass is 10.0. The van der Waals surface area contributed by atoms with Crippen molar-refractivity contribution in [1.82, 2.24) is 20.5 Å². The Hall–Kier alpha value is -2.02. The van der Waals surface area contributed by atoms with Crippen LogP contribution < -0.4 is 10.1 Å². The third-order valence-corrected chi connectivity index (χ3v) is 6.20.